The third kappa shape index (κ3) is 5.39. The lowest BCUT2D eigenvalue weighted by atomic mass is 10.0. The summed E-state index contributed by atoms with van der Waals surface area (Å²) in [5.41, 5.74) is 2.13. The van der Waals surface area contributed by atoms with Crippen LogP contribution in [0.3, 0.4) is 0 Å². The van der Waals surface area contributed by atoms with Crippen molar-refractivity contribution >= 4 is 11.9 Å². The third-order valence-electron chi connectivity index (χ3n) is 3.45. The Balaban J connectivity index is 2.38. The van der Waals surface area contributed by atoms with Gasteiger partial charge in [0.15, 0.2) is 0 Å². The maximum Gasteiger partial charge on any atom is 0.326 e. The molecule has 0 aliphatic rings. The van der Waals surface area contributed by atoms with E-state index in [1.807, 2.05) is 32.0 Å². The standard InChI is InChI=1S/C17H25NO4/c1-11(2)15(17(20)21)18-14(19)9-6-10-22-16-12(3)7-5-8-13(16)4/h5,7-8,11,15H,6,9-10H2,1-4H3,(H,18,19)(H,20,21). The highest BCUT2D eigenvalue weighted by atomic mass is 16.5. The van der Waals surface area contributed by atoms with Crippen molar-refractivity contribution in [2.45, 2.75) is 46.6 Å². The van der Waals surface area contributed by atoms with Gasteiger partial charge in [0.1, 0.15) is 11.8 Å². The highest BCUT2D eigenvalue weighted by Crippen LogP contribution is 2.22. The van der Waals surface area contributed by atoms with E-state index in [-0.39, 0.29) is 18.2 Å². The summed E-state index contributed by atoms with van der Waals surface area (Å²) in [5, 5.41) is 11.6. The Hall–Kier alpha value is -2.04. The Labute approximate surface area is 131 Å². The molecule has 2 N–H and O–H groups in total. The van der Waals surface area contributed by atoms with Gasteiger partial charge in [-0.05, 0) is 37.3 Å². The molecule has 0 aliphatic heterocycles. The van der Waals surface area contributed by atoms with E-state index in [2.05, 4.69) is 5.32 Å². The van der Waals surface area contributed by atoms with Crippen LogP contribution in [0.5, 0.6) is 5.75 Å². The summed E-state index contributed by atoms with van der Waals surface area (Å²) < 4.78 is 5.72. The fraction of sp³-hybridized carbons (Fsp3) is 0.529. The molecule has 0 heterocycles. The first-order valence-corrected chi connectivity index (χ1v) is 7.54. The molecule has 1 aromatic carbocycles. The van der Waals surface area contributed by atoms with Crippen LogP contribution in [0, 0.1) is 19.8 Å². The lowest BCUT2D eigenvalue weighted by molar-refractivity contribution is -0.143. The monoisotopic (exact) mass is 307 g/mol. The number of carbonyl (C=O) groups excluding carboxylic acids is 1. The Morgan fingerprint density at radius 2 is 1.82 bits per heavy atom. The lowest BCUT2D eigenvalue weighted by Crippen LogP contribution is -2.44. The molecule has 0 saturated carbocycles. The van der Waals surface area contributed by atoms with Crippen LogP contribution in [0.15, 0.2) is 18.2 Å². The highest BCUT2D eigenvalue weighted by Gasteiger charge is 2.22. The van der Waals surface area contributed by atoms with E-state index in [0.717, 1.165) is 16.9 Å². The highest BCUT2D eigenvalue weighted by molar-refractivity contribution is 5.83. The van der Waals surface area contributed by atoms with Crippen molar-refractivity contribution in [3.63, 3.8) is 0 Å². The number of carbonyl (C=O) groups is 2. The summed E-state index contributed by atoms with van der Waals surface area (Å²) in [4.78, 5) is 22.8. The Kier molecular flexibility index (Phi) is 6.89. The maximum absolute atomic E-state index is 11.8. The molecule has 0 radical (unpaired) electrons. The summed E-state index contributed by atoms with van der Waals surface area (Å²) in [5.74, 6) is -0.554. The zero-order chi connectivity index (χ0) is 16.7. The molecular weight excluding hydrogens is 282 g/mol. The molecule has 1 rings (SSSR count). The third-order valence-corrected chi connectivity index (χ3v) is 3.45. The number of carboxylic acid groups (broad SMARTS) is 1. The van der Waals surface area contributed by atoms with Gasteiger partial charge in [-0.3, -0.25) is 4.79 Å². The number of rotatable bonds is 8. The predicted molar refractivity (Wildman–Crippen MR) is 85.0 cm³/mol. The molecule has 5 nitrogen and oxygen atoms in total. The second kappa shape index (κ2) is 8.41. The molecule has 0 saturated heterocycles. The second-order valence-corrected chi connectivity index (χ2v) is 5.80. The summed E-state index contributed by atoms with van der Waals surface area (Å²) in [7, 11) is 0. The number of aliphatic carboxylic acids is 1. The van der Waals surface area contributed by atoms with Gasteiger partial charge in [0, 0.05) is 6.42 Å². The Morgan fingerprint density at radius 1 is 1.23 bits per heavy atom. The Morgan fingerprint density at radius 3 is 2.32 bits per heavy atom. The number of benzene rings is 1. The van der Waals surface area contributed by atoms with Gasteiger partial charge in [0.2, 0.25) is 5.91 Å². The molecule has 1 unspecified atom stereocenters. The molecule has 0 spiro atoms. The van der Waals surface area contributed by atoms with Crippen LogP contribution >= 0.6 is 0 Å². The van der Waals surface area contributed by atoms with Gasteiger partial charge in [-0.15, -0.1) is 0 Å². The van der Waals surface area contributed by atoms with E-state index in [1.165, 1.54) is 0 Å². The van der Waals surface area contributed by atoms with Crippen molar-refractivity contribution in [3.05, 3.63) is 29.3 Å². The Bertz CT molecular complexity index is 505. The average Bonchev–Trinajstić information content (AvgIpc) is 2.42. The van der Waals surface area contributed by atoms with Gasteiger partial charge < -0.3 is 15.2 Å². The molecule has 22 heavy (non-hydrogen) atoms. The largest absolute Gasteiger partial charge is 0.493 e. The summed E-state index contributed by atoms with van der Waals surface area (Å²) >= 11 is 0. The van der Waals surface area contributed by atoms with Crippen LogP contribution in [0.1, 0.15) is 37.8 Å². The first-order chi connectivity index (χ1) is 10.3. The fourth-order valence-corrected chi connectivity index (χ4v) is 2.19. The van der Waals surface area contributed by atoms with Gasteiger partial charge in [0.05, 0.1) is 6.61 Å². The zero-order valence-electron chi connectivity index (χ0n) is 13.7. The first kappa shape index (κ1) is 18.0. The maximum atomic E-state index is 11.8. The van der Waals surface area contributed by atoms with Crippen molar-refractivity contribution < 1.29 is 19.4 Å². The summed E-state index contributed by atoms with van der Waals surface area (Å²) in [6, 6.07) is 5.10. The smallest absolute Gasteiger partial charge is 0.326 e. The number of amides is 1. The van der Waals surface area contributed by atoms with Crippen LogP contribution in [0.25, 0.3) is 0 Å². The van der Waals surface area contributed by atoms with Gasteiger partial charge >= 0.3 is 5.97 Å². The van der Waals surface area contributed by atoms with Crippen molar-refractivity contribution in [2.24, 2.45) is 5.92 Å². The molecule has 122 valence electrons. The van der Waals surface area contributed by atoms with Crippen LogP contribution in [0.4, 0.5) is 0 Å². The van der Waals surface area contributed by atoms with Crippen LogP contribution < -0.4 is 10.1 Å². The number of hydrogen-bond acceptors (Lipinski definition) is 3. The number of aryl methyl sites for hydroxylation is 2. The average molecular weight is 307 g/mol. The number of ether oxygens (including phenoxy) is 1. The van der Waals surface area contributed by atoms with E-state index in [0.29, 0.717) is 13.0 Å². The van der Waals surface area contributed by atoms with Crippen molar-refractivity contribution in [3.8, 4) is 5.75 Å². The number of carboxylic acids is 1. The van der Waals surface area contributed by atoms with Gasteiger partial charge in [-0.1, -0.05) is 32.0 Å². The first-order valence-electron chi connectivity index (χ1n) is 7.54. The van der Waals surface area contributed by atoms with E-state index in [4.69, 9.17) is 9.84 Å². The summed E-state index contributed by atoms with van der Waals surface area (Å²) in [6.07, 6.45) is 0.797. The van der Waals surface area contributed by atoms with Gasteiger partial charge in [-0.25, -0.2) is 4.79 Å². The lowest BCUT2D eigenvalue weighted by Gasteiger charge is -2.18. The molecule has 0 aromatic heterocycles. The normalized spacial score (nSPS) is 12.0. The van der Waals surface area contributed by atoms with Crippen molar-refractivity contribution in [1.29, 1.82) is 0 Å². The number of nitrogens with one attached hydrogen (secondary N) is 1. The molecule has 0 bridgehead atoms. The minimum Gasteiger partial charge on any atom is -0.493 e. The predicted octanol–water partition coefficient (Wildman–Crippen LogP) is 2.69. The second-order valence-electron chi connectivity index (χ2n) is 5.80. The quantitative estimate of drug-likeness (QED) is 0.724. The topological polar surface area (TPSA) is 75.6 Å². The molecule has 1 atom stereocenters. The van der Waals surface area contributed by atoms with E-state index >= 15 is 0 Å². The number of para-hydroxylation sites is 1. The van der Waals surface area contributed by atoms with E-state index in [1.54, 1.807) is 13.8 Å². The molecule has 0 aliphatic carbocycles. The molecule has 1 amide bonds. The van der Waals surface area contributed by atoms with Crippen LogP contribution in [-0.4, -0.2) is 29.6 Å². The van der Waals surface area contributed by atoms with Gasteiger partial charge in [-0.2, -0.15) is 0 Å². The van der Waals surface area contributed by atoms with Crippen LogP contribution in [0.2, 0.25) is 0 Å². The van der Waals surface area contributed by atoms with Crippen molar-refractivity contribution in [2.75, 3.05) is 6.61 Å². The van der Waals surface area contributed by atoms with E-state index in [9.17, 15) is 9.59 Å². The molecule has 1 aromatic rings. The minimum atomic E-state index is -1.00. The molecule has 0 fully saturated rings. The van der Waals surface area contributed by atoms with Crippen LogP contribution in [-0.2, 0) is 9.59 Å². The van der Waals surface area contributed by atoms with Crippen molar-refractivity contribution in [1.82, 2.24) is 5.32 Å². The van der Waals surface area contributed by atoms with Gasteiger partial charge in [0.25, 0.3) is 0 Å². The molecular formula is C17H25NO4. The summed E-state index contributed by atoms with van der Waals surface area (Å²) in [6.45, 7) is 7.93. The fourth-order valence-electron chi connectivity index (χ4n) is 2.19. The number of hydrogen-bond donors (Lipinski definition) is 2. The van der Waals surface area contributed by atoms with E-state index < -0.39 is 12.0 Å². The molecule has 5 heteroatoms. The SMILES string of the molecule is Cc1cccc(C)c1OCCCC(=O)NC(C(=O)O)C(C)C. The zero-order valence-corrected chi connectivity index (χ0v) is 13.7. The minimum absolute atomic E-state index is 0.146.